The Bertz CT molecular complexity index is 813. The number of anilines is 1. The van der Waals surface area contributed by atoms with Gasteiger partial charge in [-0.15, -0.1) is 34.2 Å². The number of nitrogens with zero attached hydrogens (tertiary/aromatic N) is 2. The Kier molecular flexibility index (Phi) is 4.39. The first-order valence-corrected chi connectivity index (χ1v) is 8.64. The first kappa shape index (κ1) is 15.0. The highest BCUT2D eigenvalue weighted by Crippen LogP contribution is 2.34. The SMILES string of the molecule is C#Cc1c(C[C@H](C)N)sc2c(NCc3cccs3)cnnc12. The van der Waals surface area contributed by atoms with Crippen molar-refractivity contribution in [2.75, 3.05) is 5.32 Å². The largest absolute Gasteiger partial charge is 0.378 e. The van der Waals surface area contributed by atoms with Crippen molar-refractivity contribution in [1.29, 1.82) is 0 Å². The quantitative estimate of drug-likeness (QED) is 0.706. The molecule has 0 spiro atoms. The maximum absolute atomic E-state index is 5.92. The lowest BCUT2D eigenvalue weighted by molar-refractivity contribution is 0.746. The second-order valence-corrected chi connectivity index (χ2v) is 7.23. The summed E-state index contributed by atoms with van der Waals surface area (Å²) in [5.41, 5.74) is 8.50. The minimum absolute atomic E-state index is 0.0654. The molecule has 0 aliphatic heterocycles. The van der Waals surface area contributed by atoms with E-state index in [1.54, 1.807) is 28.9 Å². The van der Waals surface area contributed by atoms with Crippen LogP contribution in [-0.2, 0) is 13.0 Å². The van der Waals surface area contributed by atoms with Gasteiger partial charge in [0.25, 0.3) is 0 Å². The number of nitrogens with one attached hydrogen (secondary N) is 1. The first-order chi connectivity index (χ1) is 10.7. The summed E-state index contributed by atoms with van der Waals surface area (Å²) in [5, 5.41) is 13.8. The molecule has 3 aromatic rings. The van der Waals surface area contributed by atoms with Crippen LogP contribution in [0.4, 0.5) is 5.69 Å². The van der Waals surface area contributed by atoms with E-state index in [4.69, 9.17) is 12.2 Å². The minimum atomic E-state index is 0.0654. The lowest BCUT2D eigenvalue weighted by Gasteiger charge is -2.04. The van der Waals surface area contributed by atoms with Crippen LogP contribution >= 0.6 is 22.7 Å². The van der Waals surface area contributed by atoms with Crippen molar-refractivity contribution in [3.05, 3.63) is 39.0 Å². The number of terminal acetylenes is 1. The molecule has 6 heteroatoms. The molecular weight excluding hydrogens is 312 g/mol. The van der Waals surface area contributed by atoms with Crippen molar-refractivity contribution in [2.45, 2.75) is 25.9 Å². The molecule has 3 N–H and O–H groups in total. The first-order valence-electron chi connectivity index (χ1n) is 6.94. The van der Waals surface area contributed by atoms with Crippen molar-refractivity contribution in [3.8, 4) is 12.3 Å². The highest BCUT2D eigenvalue weighted by molar-refractivity contribution is 7.20. The fourth-order valence-electron chi connectivity index (χ4n) is 2.26. The summed E-state index contributed by atoms with van der Waals surface area (Å²) in [6.07, 6.45) is 8.17. The van der Waals surface area contributed by atoms with Crippen LogP contribution in [-0.4, -0.2) is 16.2 Å². The number of fused-ring (bicyclic) bond motifs is 1. The minimum Gasteiger partial charge on any atom is -0.378 e. The van der Waals surface area contributed by atoms with E-state index in [2.05, 4.69) is 32.9 Å². The van der Waals surface area contributed by atoms with Gasteiger partial charge < -0.3 is 11.1 Å². The molecule has 3 aromatic heterocycles. The van der Waals surface area contributed by atoms with Crippen molar-refractivity contribution < 1.29 is 0 Å². The highest BCUT2D eigenvalue weighted by Gasteiger charge is 2.16. The Morgan fingerprint density at radius 3 is 3.05 bits per heavy atom. The standard InChI is InChI=1S/C16H16N4S2/c1-3-12-14(7-10(2)17)22-16-13(9-19-20-15(12)16)18-8-11-5-4-6-21-11/h1,4-6,9-10H,7-8,17H2,2H3,(H,18,20)/t10-/m0/s1. The van der Waals surface area contributed by atoms with E-state index in [0.29, 0.717) is 0 Å². The fraction of sp³-hybridized carbons (Fsp3) is 0.250. The van der Waals surface area contributed by atoms with Gasteiger partial charge in [-0.1, -0.05) is 12.0 Å². The molecule has 22 heavy (non-hydrogen) atoms. The number of hydrogen-bond donors (Lipinski definition) is 2. The van der Waals surface area contributed by atoms with Crippen molar-refractivity contribution >= 4 is 38.6 Å². The van der Waals surface area contributed by atoms with Gasteiger partial charge >= 0.3 is 0 Å². The number of hydrogen-bond acceptors (Lipinski definition) is 6. The summed E-state index contributed by atoms with van der Waals surface area (Å²) in [6, 6.07) is 4.21. The smallest absolute Gasteiger partial charge is 0.122 e. The lowest BCUT2D eigenvalue weighted by Crippen LogP contribution is -2.17. The predicted molar refractivity (Wildman–Crippen MR) is 94.3 cm³/mol. The van der Waals surface area contributed by atoms with Crippen LogP contribution in [0.2, 0.25) is 0 Å². The Labute approximate surface area is 137 Å². The molecule has 0 aliphatic carbocycles. The molecule has 0 amide bonds. The van der Waals surface area contributed by atoms with E-state index in [0.717, 1.165) is 39.3 Å². The zero-order valence-corrected chi connectivity index (χ0v) is 13.8. The number of thiophene rings is 2. The maximum atomic E-state index is 5.92. The molecule has 0 radical (unpaired) electrons. The predicted octanol–water partition coefficient (Wildman–Crippen LogP) is 3.24. The summed E-state index contributed by atoms with van der Waals surface area (Å²) >= 11 is 3.38. The Morgan fingerprint density at radius 2 is 2.36 bits per heavy atom. The number of rotatable bonds is 5. The summed E-state index contributed by atoms with van der Waals surface area (Å²) in [7, 11) is 0. The molecule has 0 fully saturated rings. The van der Waals surface area contributed by atoms with Gasteiger partial charge in [-0.2, -0.15) is 5.10 Å². The topological polar surface area (TPSA) is 63.8 Å². The molecule has 3 heterocycles. The fourth-order valence-corrected chi connectivity index (χ4v) is 4.22. The van der Waals surface area contributed by atoms with E-state index in [9.17, 15) is 0 Å². The summed E-state index contributed by atoms with van der Waals surface area (Å²) in [4.78, 5) is 2.38. The third-order valence-electron chi connectivity index (χ3n) is 3.23. The molecular formula is C16H16N4S2. The molecule has 0 bridgehead atoms. The molecule has 0 saturated heterocycles. The van der Waals surface area contributed by atoms with E-state index >= 15 is 0 Å². The van der Waals surface area contributed by atoms with Gasteiger partial charge in [0.2, 0.25) is 0 Å². The Morgan fingerprint density at radius 1 is 1.50 bits per heavy atom. The Hall–Kier alpha value is -1.94. The van der Waals surface area contributed by atoms with Crippen LogP contribution in [0.3, 0.4) is 0 Å². The number of aromatic nitrogens is 2. The Balaban J connectivity index is 1.97. The maximum Gasteiger partial charge on any atom is 0.122 e. The van der Waals surface area contributed by atoms with Crippen LogP contribution in [0.15, 0.2) is 23.7 Å². The van der Waals surface area contributed by atoms with Crippen LogP contribution in [0, 0.1) is 12.3 Å². The molecule has 1 atom stereocenters. The lowest BCUT2D eigenvalue weighted by atomic mass is 10.1. The van der Waals surface area contributed by atoms with Gasteiger partial charge in [0, 0.05) is 22.3 Å². The van der Waals surface area contributed by atoms with Gasteiger partial charge in [0.1, 0.15) is 5.52 Å². The normalized spacial score (nSPS) is 12.2. The average molecular weight is 328 g/mol. The third kappa shape index (κ3) is 2.97. The van der Waals surface area contributed by atoms with E-state index in [1.807, 2.05) is 13.0 Å². The highest BCUT2D eigenvalue weighted by atomic mass is 32.1. The van der Waals surface area contributed by atoms with Crippen LogP contribution in [0.1, 0.15) is 22.2 Å². The molecule has 0 aliphatic rings. The van der Waals surface area contributed by atoms with Gasteiger partial charge in [-0.25, -0.2) is 0 Å². The summed E-state index contributed by atoms with van der Waals surface area (Å²) in [6.45, 7) is 2.75. The van der Waals surface area contributed by atoms with Crippen LogP contribution in [0.25, 0.3) is 10.2 Å². The summed E-state index contributed by atoms with van der Waals surface area (Å²) < 4.78 is 1.05. The molecule has 4 nitrogen and oxygen atoms in total. The third-order valence-corrected chi connectivity index (χ3v) is 5.34. The molecule has 112 valence electrons. The average Bonchev–Trinajstić information content (AvgIpc) is 3.11. The molecule has 0 aromatic carbocycles. The van der Waals surface area contributed by atoms with E-state index in [-0.39, 0.29) is 6.04 Å². The van der Waals surface area contributed by atoms with Crippen molar-refractivity contribution in [2.24, 2.45) is 5.73 Å². The van der Waals surface area contributed by atoms with Crippen molar-refractivity contribution in [1.82, 2.24) is 10.2 Å². The molecule has 0 unspecified atom stereocenters. The monoisotopic (exact) mass is 328 g/mol. The zero-order chi connectivity index (χ0) is 15.5. The molecule has 3 rings (SSSR count). The van der Waals surface area contributed by atoms with Crippen LogP contribution in [0.5, 0.6) is 0 Å². The summed E-state index contributed by atoms with van der Waals surface area (Å²) in [5.74, 6) is 2.75. The second kappa shape index (κ2) is 6.44. The van der Waals surface area contributed by atoms with E-state index < -0.39 is 0 Å². The van der Waals surface area contributed by atoms with Gasteiger partial charge in [-0.3, -0.25) is 0 Å². The molecule has 0 saturated carbocycles. The number of nitrogens with two attached hydrogens (primary N) is 1. The van der Waals surface area contributed by atoms with Crippen molar-refractivity contribution in [3.63, 3.8) is 0 Å². The zero-order valence-electron chi connectivity index (χ0n) is 12.2. The van der Waals surface area contributed by atoms with Gasteiger partial charge in [0.15, 0.2) is 0 Å². The van der Waals surface area contributed by atoms with E-state index in [1.165, 1.54) is 4.88 Å². The van der Waals surface area contributed by atoms with Gasteiger partial charge in [-0.05, 0) is 24.8 Å². The van der Waals surface area contributed by atoms with Gasteiger partial charge in [0.05, 0.1) is 22.1 Å². The second-order valence-electron chi connectivity index (χ2n) is 5.09. The van der Waals surface area contributed by atoms with Crippen LogP contribution < -0.4 is 11.1 Å².